The Morgan fingerprint density at radius 1 is 1.16 bits per heavy atom. The molecular formula is C32H40N8O3. The van der Waals surface area contributed by atoms with Crippen LogP contribution in [0.2, 0.25) is 0 Å². The SMILES string of the molecule is Cc1cc2cc(n1)-c1cnn(C)c1OCCC[C@@H](C1CC1)CN1/C(=N/C2=O)Nc2cc(NC(=O)CCCN(C)C)ccc21. The Labute approximate surface area is 252 Å². The molecule has 0 radical (unpaired) electrons. The highest BCUT2D eigenvalue weighted by atomic mass is 16.5. The summed E-state index contributed by atoms with van der Waals surface area (Å²) in [4.78, 5) is 39.8. The highest BCUT2D eigenvalue weighted by molar-refractivity contribution is 6.19. The highest BCUT2D eigenvalue weighted by Crippen LogP contribution is 2.43. The molecule has 226 valence electrons. The molecule has 1 aromatic carbocycles. The van der Waals surface area contributed by atoms with E-state index in [9.17, 15) is 9.59 Å². The van der Waals surface area contributed by atoms with E-state index in [4.69, 9.17) is 4.74 Å². The minimum Gasteiger partial charge on any atom is -0.477 e. The standard InChI is InChI=1S/C32H40N8O3/c1-20-15-23-16-26(34-20)25-18-33-39(4)31(25)43-14-6-7-22(21-9-10-21)19-40-28-12-11-24(35-29(41)8-5-13-38(2)3)17-27(28)36-32(40)37-30(23)42/h11-12,15-18,21-22H,5-10,13-14,19H2,1-4H3,(H,35,41)(H,36,37,42)/t22-/m1/s1. The van der Waals surface area contributed by atoms with Crippen LogP contribution in [-0.2, 0) is 11.8 Å². The van der Waals surface area contributed by atoms with Crippen molar-refractivity contribution in [3.63, 3.8) is 0 Å². The van der Waals surface area contributed by atoms with Gasteiger partial charge < -0.3 is 25.2 Å². The fourth-order valence-electron chi connectivity index (χ4n) is 5.96. The third-order valence-corrected chi connectivity index (χ3v) is 8.31. The van der Waals surface area contributed by atoms with Crippen molar-refractivity contribution >= 4 is 34.8 Å². The van der Waals surface area contributed by atoms with E-state index in [2.05, 4.69) is 35.5 Å². The van der Waals surface area contributed by atoms with Crippen LogP contribution in [0, 0.1) is 18.8 Å². The number of nitrogens with one attached hydrogen (secondary N) is 2. The number of carbonyl (C=O) groups excluding carboxylic acids is 2. The van der Waals surface area contributed by atoms with Crippen molar-refractivity contribution in [1.82, 2.24) is 19.7 Å². The molecule has 2 aliphatic heterocycles. The van der Waals surface area contributed by atoms with Crippen LogP contribution in [0.3, 0.4) is 0 Å². The van der Waals surface area contributed by atoms with E-state index in [0.717, 1.165) is 49.3 Å². The van der Waals surface area contributed by atoms with E-state index in [1.54, 1.807) is 23.0 Å². The lowest BCUT2D eigenvalue weighted by Gasteiger charge is -2.25. The molecule has 1 fully saturated rings. The first-order chi connectivity index (χ1) is 20.7. The molecule has 3 aliphatic rings. The second-order valence-corrected chi connectivity index (χ2v) is 12.1. The molecule has 11 heteroatoms. The van der Waals surface area contributed by atoms with E-state index < -0.39 is 0 Å². The second kappa shape index (κ2) is 12.2. The summed E-state index contributed by atoms with van der Waals surface area (Å²) in [6.45, 7) is 4.04. The minimum atomic E-state index is -0.356. The number of aryl methyl sites for hydroxylation is 2. The zero-order valence-electron chi connectivity index (χ0n) is 25.4. The summed E-state index contributed by atoms with van der Waals surface area (Å²) in [7, 11) is 5.86. The maximum Gasteiger partial charge on any atom is 0.280 e. The number of guanidine groups is 1. The average molecular weight is 585 g/mol. The molecule has 0 unspecified atom stereocenters. The number of aromatic nitrogens is 3. The number of fused-ring (bicyclic) bond motifs is 7. The van der Waals surface area contributed by atoms with Gasteiger partial charge in [0.05, 0.1) is 35.4 Å². The molecule has 4 heterocycles. The van der Waals surface area contributed by atoms with Crippen molar-refractivity contribution in [2.45, 2.75) is 45.4 Å². The molecule has 1 atom stereocenters. The van der Waals surface area contributed by atoms with Gasteiger partial charge in [-0.15, -0.1) is 0 Å². The van der Waals surface area contributed by atoms with Crippen LogP contribution in [0.1, 0.15) is 54.6 Å². The van der Waals surface area contributed by atoms with Crippen LogP contribution in [0.4, 0.5) is 17.1 Å². The van der Waals surface area contributed by atoms with Gasteiger partial charge in [-0.3, -0.25) is 14.6 Å². The monoisotopic (exact) mass is 584 g/mol. The second-order valence-electron chi connectivity index (χ2n) is 12.1. The fraction of sp³-hybridized carbons (Fsp3) is 0.469. The Kier molecular flexibility index (Phi) is 8.16. The van der Waals surface area contributed by atoms with Gasteiger partial charge >= 0.3 is 0 Å². The van der Waals surface area contributed by atoms with Gasteiger partial charge in [0.15, 0.2) is 0 Å². The number of aliphatic imine (C=N–C) groups is 1. The number of carbonyl (C=O) groups is 2. The number of benzene rings is 1. The smallest absolute Gasteiger partial charge is 0.280 e. The van der Waals surface area contributed by atoms with Gasteiger partial charge in [-0.2, -0.15) is 10.1 Å². The van der Waals surface area contributed by atoms with Gasteiger partial charge in [0, 0.05) is 37.0 Å². The van der Waals surface area contributed by atoms with Gasteiger partial charge in [-0.05, 0) is 102 Å². The van der Waals surface area contributed by atoms with E-state index in [1.807, 2.05) is 46.3 Å². The number of hydrogen-bond donors (Lipinski definition) is 2. The third kappa shape index (κ3) is 6.56. The summed E-state index contributed by atoms with van der Waals surface area (Å²) >= 11 is 0. The van der Waals surface area contributed by atoms with Crippen LogP contribution < -0.4 is 20.3 Å². The number of amides is 2. The molecule has 0 saturated heterocycles. The van der Waals surface area contributed by atoms with Crippen LogP contribution in [0.25, 0.3) is 11.3 Å². The van der Waals surface area contributed by atoms with Crippen molar-refractivity contribution in [3.05, 3.63) is 47.8 Å². The van der Waals surface area contributed by atoms with Gasteiger partial charge in [0.25, 0.3) is 5.91 Å². The van der Waals surface area contributed by atoms with Gasteiger partial charge in [0.1, 0.15) is 0 Å². The molecule has 2 aromatic heterocycles. The number of pyridine rings is 1. The largest absolute Gasteiger partial charge is 0.477 e. The van der Waals surface area contributed by atoms with Crippen molar-refractivity contribution in [1.29, 1.82) is 0 Å². The van der Waals surface area contributed by atoms with Gasteiger partial charge in [-0.1, -0.05) is 0 Å². The molecule has 43 heavy (non-hydrogen) atoms. The maximum absolute atomic E-state index is 13.7. The molecule has 11 nitrogen and oxygen atoms in total. The summed E-state index contributed by atoms with van der Waals surface area (Å²) in [5.41, 5.74) is 5.03. The lowest BCUT2D eigenvalue weighted by Crippen LogP contribution is -2.36. The topological polar surface area (TPSA) is 117 Å². The molecule has 1 aliphatic carbocycles. The number of ether oxygens (including phenoxy) is 1. The lowest BCUT2D eigenvalue weighted by molar-refractivity contribution is -0.116. The maximum atomic E-state index is 13.7. The Balaban J connectivity index is 1.32. The van der Waals surface area contributed by atoms with Crippen molar-refractivity contribution in [2.24, 2.45) is 23.9 Å². The summed E-state index contributed by atoms with van der Waals surface area (Å²) in [5.74, 6) is 1.85. The highest BCUT2D eigenvalue weighted by Gasteiger charge is 2.36. The predicted molar refractivity (Wildman–Crippen MR) is 168 cm³/mol. The molecule has 1 saturated carbocycles. The minimum absolute atomic E-state index is 0.0150. The van der Waals surface area contributed by atoms with E-state index in [1.165, 1.54) is 12.8 Å². The van der Waals surface area contributed by atoms with E-state index >= 15 is 0 Å². The van der Waals surface area contributed by atoms with Gasteiger partial charge in [-0.25, -0.2) is 4.68 Å². The Hall–Kier alpha value is -4.25. The molecule has 6 rings (SSSR count). The average Bonchev–Trinajstić information content (AvgIpc) is 3.66. The zero-order valence-corrected chi connectivity index (χ0v) is 25.4. The molecule has 0 spiro atoms. The van der Waals surface area contributed by atoms with Gasteiger partial charge in [0.2, 0.25) is 17.7 Å². The molecular weight excluding hydrogens is 544 g/mol. The number of nitrogens with zero attached hydrogens (tertiary/aromatic N) is 6. The van der Waals surface area contributed by atoms with E-state index in [-0.39, 0.29) is 11.8 Å². The first kappa shape index (κ1) is 28.9. The molecule has 2 amide bonds. The quantitative estimate of drug-likeness (QED) is 0.428. The first-order valence-corrected chi connectivity index (χ1v) is 15.1. The Bertz CT molecular complexity index is 1560. The normalized spacial score (nSPS) is 19.7. The fourth-order valence-corrected chi connectivity index (χ4v) is 5.96. The van der Waals surface area contributed by atoms with Crippen molar-refractivity contribution < 1.29 is 14.3 Å². The summed E-state index contributed by atoms with van der Waals surface area (Å²) in [6.07, 6.45) is 7.31. The summed E-state index contributed by atoms with van der Waals surface area (Å²) < 4.78 is 7.97. The molecule has 3 aromatic rings. The Morgan fingerprint density at radius 2 is 2.00 bits per heavy atom. The molecule has 2 N–H and O–H groups in total. The number of anilines is 3. The third-order valence-electron chi connectivity index (χ3n) is 8.31. The van der Waals surface area contributed by atoms with E-state index in [0.29, 0.717) is 59.3 Å². The van der Waals surface area contributed by atoms with Crippen LogP contribution in [0.15, 0.2) is 41.5 Å². The number of hydrogen-bond acceptors (Lipinski definition) is 8. The van der Waals surface area contributed by atoms with Crippen LogP contribution in [-0.4, -0.2) is 71.2 Å². The number of rotatable bonds is 6. The van der Waals surface area contributed by atoms with Crippen molar-refractivity contribution in [2.75, 3.05) is 49.3 Å². The first-order valence-electron chi connectivity index (χ1n) is 15.1. The summed E-state index contributed by atoms with van der Waals surface area (Å²) in [6, 6.07) is 9.37. The predicted octanol–water partition coefficient (Wildman–Crippen LogP) is 4.70. The van der Waals surface area contributed by atoms with Crippen molar-refractivity contribution in [3.8, 4) is 17.1 Å². The van der Waals surface area contributed by atoms with Crippen LogP contribution in [0.5, 0.6) is 5.88 Å². The van der Waals surface area contributed by atoms with Crippen LogP contribution >= 0.6 is 0 Å². The summed E-state index contributed by atoms with van der Waals surface area (Å²) in [5, 5.41) is 10.8. The Morgan fingerprint density at radius 3 is 2.79 bits per heavy atom. The zero-order chi connectivity index (χ0) is 30.1. The lowest BCUT2D eigenvalue weighted by atomic mass is 9.97. The molecule has 2 bridgehead atoms.